The van der Waals surface area contributed by atoms with Crippen molar-refractivity contribution in [2.45, 2.75) is 63.5 Å². The van der Waals surface area contributed by atoms with Crippen molar-refractivity contribution in [1.82, 2.24) is 9.88 Å². The quantitative estimate of drug-likeness (QED) is 0.663. The van der Waals surface area contributed by atoms with Crippen LogP contribution in [0.5, 0.6) is 0 Å². The lowest BCUT2D eigenvalue weighted by Gasteiger charge is -2.34. The van der Waals surface area contributed by atoms with Gasteiger partial charge in [-0.05, 0) is 74.8 Å². The number of fused-ring (bicyclic) bond motifs is 3. The highest BCUT2D eigenvalue weighted by atomic mass is 35.5. The number of nitrogens with zero attached hydrogens (tertiary/aromatic N) is 5. The number of amides is 1. The number of likely N-dealkylation sites (tertiary alicyclic amines) is 1. The van der Waals surface area contributed by atoms with Gasteiger partial charge in [0.1, 0.15) is 11.8 Å². The normalized spacial score (nSPS) is 24.3. The topological polar surface area (TPSA) is 92.8 Å². The van der Waals surface area contributed by atoms with Gasteiger partial charge in [-0.1, -0.05) is 24.4 Å². The molecule has 1 saturated carbocycles. The molecule has 1 aromatic carbocycles. The van der Waals surface area contributed by atoms with E-state index in [1.165, 1.54) is 25.7 Å². The smallest absolute Gasteiger partial charge is 0.272 e. The van der Waals surface area contributed by atoms with Gasteiger partial charge in [0.2, 0.25) is 0 Å². The molecule has 0 bridgehead atoms. The van der Waals surface area contributed by atoms with Crippen LogP contribution in [0.3, 0.4) is 0 Å². The van der Waals surface area contributed by atoms with Crippen LogP contribution >= 0.6 is 11.6 Å². The Hall–Kier alpha value is -2.95. The van der Waals surface area contributed by atoms with Crippen LogP contribution in [0.1, 0.15) is 72.3 Å². The molecule has 4 aliphatic rings. The summed E-state index contributed by atoms with van der Waals surface area (Å²) < 4.78 is 0. The molecule has 1 N–H and O–H groups in total. The molecule has 2 aliphatic heterocycles. The van der Waals surface area contributed by atoms with Gasteiger partial charge in [-0.25, -0.2) is 4.98 Å². The minimum absolute atomic E-state index is 0.0575. The maximum atomic E-state index is 13.1. The zero-order valence-electron chi connectivity index (χ0n) is 20.2. The van der Waals surface area contributed by atoms with Crippen molar-refractivity contribution in [2.24, 2.45) is 16.9 Å². The number of rotatable bonds is 3. The summed E-state index contributed by atoms with van der Waals surface area (Å²) in [5, 5.41) is 26.9. The standard InChI is InChI=1S/C28H30ClN5O2/c29-23-15-19(6-5-18(23)16-30)34-27(17-3-1-2-4-17)22-8-9-24-21(26(22)32-34)7-10-25(31-24)28(36)33-13-11-20(35)12-14-33/h5-7,10,15,17,20,22,27,35H,1-4,8-9,11-14H2/t22?,27-/m0/s1. The van der Waals surface area contributed by atoms with Crippen LogP contribution in [-0.4, -0.2) is 51.8 Å². The highest BCUT2D eigenvalue weighted by Gasteiger charge is 2.46. The van der Waals surface area contributed by atoms with Gasteiger partial charge in [0.15, 0.2) is 0 Å². The van der Waals surface area contributed by atoms with E-state index in [9.17, 15) is 15.2 Å². The summed E-state index contributed by atoms with van der Waals surface area (Å²) in [5.41, 5.74) is 4.91. The number of benzene rings is 1. The van der Waals surface area contributed by atoms with Gasteiger partial charge in [-0.15, -0.1) is 0 Å². The number of hydrogen-bond acceptors (Lipinski definition) is 6. The number of aryl methyl sites for hydroxylation is 1. The van der Waals surface area contributed by atoms with Crippen LogP contribution in [0.4, 0.5) is 5.69 Å². The number of carbonyl (C=O) groups is 1. The van der Waals surface area contributed by atoms with Gasteiger partial charge in [0.25, 0.3) is 5.91 Å². The average molecular weight is 504 g/mol. The average Bonchev–Trinajstić information content (AvgIpc) is 3.56. The zero-order chi connectivity index (χ0) is 24.8. The lowest BCUT2D eigenvalue weighted by Crippen LogP contribution is -2.41. The molecular formula is C28H30ClN5O2. The van der Waals surface area contributed by atoms with E-state index in [1.807, 2.05) is 24.3 Å². The number of carbonyl (C=O) groups excluding carboxylic acids is 1. The molecule has 1 unspecified atom stereocenters. The fraction of sp³-hybridized carbons (Fsp3) is 0.500. The van der Waals surface area contributed by atoms with Crippen molar-refractivity contribution in [1.29, 1.82) is 5.26 Å². The van der Waals surface area contributed by atoms with E-state index in [4.69, 9.17) is 21.7 Å². The van der Waals surface area contributed by atoms with Crippen LogP contribution in [0.15, 0.2) is 35.4 Å². The molecular weight excluding hydrogens is 474 g/mol. The molecule has 2 atom stereocenters. The molecule has 2 fully saturated rings. The van der Waals surface area contributed by atoms with Gasteiger partial charge < -0.3 is 10.0 Å². The number of anilines is 1. The second-order valence-electron chi connectivity index (χ2n) is 10.5. The Morgan fingerprint density at radius 1 is 1.08 bits per heavy atom. The van der Waals surface area contributed by atoms with E-state index in [0.717, 1.165) is 35.5 Å². The predicted octanol–water partition coefficient (Wildman–Crippen LogP) is 4.55. The molecule has 3 heterocycles. The summed E-state index contributed by atoms with van der Waals surface area (Å²) in [6, 6.07) is 11.9. The van der Waals surface area contributed by atoms with Gasteiger partial charge in [-0.2, -0.15) is 10.4 Å². The molecule has 36 heavy (non-hydrogen) atoms. The highest BCUT2D eigenvalue weighted by molar-refractivity contribution is 6.32. The van der Waals surface area contributed by atoms with E-state index < -0.39 is 0 Å². The van der Waals surface area contributed by atoms with E-state index in [2.05, 4.69) is 11.1 Å². The number of hydrazone groups is 1. The van der Waals surface area contributed by atoms with Gasteiger partial charge in [-0.3, -0.25) is 9.80 Å². The van der Waals surface area contributed by atoms with Crippen LogP contribution in [0.25, 0.3) is 0 Å². The number of nitriles is 1. The SMILES string of the molecule is N#Cc1ccc(N2N=C3c4ccc(C(=O)N5CCC(O)CC5)nc4CCC3[C@@H]2C2CCCC2)cc1Cl. The van der Waals surface area contributed by atoms with Gasteiger partial charge in [0, 0.05) is 24.6 Å². The van der Waals surface area contributed by atoms with Crippen LogP contribution in [-0.2, 0) is 6.42 Å². The Balaban J connectivity index is 1.33. The molecule has 186 valence electrons. The first kappa shape index (κ1) is 23.4. The number of aliphatic hydroxyl groups excluding tert-OH is 1. The van der Waals surface area contributed by atoms with Crippen molar-refractivity contribution >= 4 is 28.9 Å². The first-order chi connectivity index (χ1) is 17.5. The fourth-order valence-corrected chi connectivity index (χ4v) is 6.73. The third kappa shape index (κ3) is 4.07. The van der Waals surface area contributed by atoms with Crippen LogP contribution in [0, 0.1) is 23.2 Å². The number of aliphatic hydroxyl groups is 1. The minimum Gasteiger partial charge on any atom is -0.393 e. The maximum Gasteiger partial charge on any atom is 0.272 e. The summed E-state index contributed by atoms with van der Waals surface area (Å²) in [5.74, 6) is 0.815. The summed E-state index contributed by atoms with van der Waals surface area (Å²) in [6.07, 6.45) is 7.61. The predicted molar refractivity (Wildman–Crippen MR) is 138 cm³/mol. The molecule has 7 nitrogen and oxygen atoms in total. The number of aromatic nitrogens is 1. The molecule has 0 radical (unpaired) electrons. The van der Waals surface area contributed by atoms with Gasteiger partial charge in [0.05, 0.1) is 39.8 Å². The summed E-state index contributed by atoms with van der Waals surface area (Å²) in [7, 11) is 0. The number of pyridine rings is 1. The lowest BCUT2D eigenvalue weighted by molar-refractivity contribution is 0.0541. The Bertz CT molecular complexity index is 1260. The molecule has 2 aliphatic carbocycles. The number of halogens is 1. The second-order valence-corrected chi connectivity index (χ2v) is 10.9. The Labute approximate surface area is 216 Å². The van der Waals surface area contributed by atoms with Crippen molar-refractivity contribution in [3.63, 3.8) is 0 Å². The Morgan fingerprint density at radius 2 is 1.86 bits per heavy atom. The number of piperidine rings is 1. The Kier molecular flexibility index (Phi) is 6.18. The number of hydrogen-bond donors (Lipinski definition) is 1. The van der Waals surface area contributed by atoms with Crippen molar-refractivity contribution in [3.05, 3.63) is 57.9 Å². The van der Waals surface area contributed by atoms with Crippen molar-refractivity contribution in [3.8, 4) is 6.07 Å². The first-order valence-corrected chi connectivity index (χ1v) is 13.5. The van der Waals surface area contributed by atoms with Crippen LogP contribution in [0.2, 0.25) is 5.02 Å². The zero-order valence-corrected chi connectivity index (χ0v) is 21.0. The second kappa shape index (κ2) is 9.49. The van der Waals surface area contributed by atoms with Crippen molar-refractivity contribution in [2.75, 3.05) is 18.1 Å². The molecule has 1 aromatic heterocycles. The monoisotopic (exact) mass is 503 g/mol. The fourth-order valence-electron chi connectivity index (χ4n) is 6.51. The largest absolute Gasteiger partial charge is 0.393 e. The molecule has 1 amide bonds. The molecule has 0 spiro atoms. The van der Waals surface area contributed by atoms with E-state index >= 15 is 0 Å². The van der Waals surface area contributed by atoms with Crippen LogP contribution < -0.4 is 5.01 Å². The minimum atomic E-state index is -0.315. The molecule has 6 rings (SSSR count). The highest BCUT2D eigenvalue weighted by Crippen LogP contribution is 2.45. The van der Waals surface area contributed by atoms with Gasteiger partial charge >= 0.3 is 0 Å². The third-order valence-corrected chi connectivity index (χ3v) is 8.71. The maximum absolute atomic E-state index is 13.1. The summed E-state index contributed by atoms with van der Waals surface area (Å²) in [6.45, 7) is 1.14. The van der Waals surface area contributed by atoms with Crippen molar-refractivity contribution < 1.29 is 9.90 Å². The molecule has 1 saturated heterocycles. The van der Waals surface area contributed by atoms with E-state index in [1.54, 1.807) is 11.0 Å². The Morgan fingerprint density at radius 3 is 2.58 bits per heavy atom. The molecule has 8 heteroatoms. The summed E-state index contributed by atoms with van der Waals surface area (Å²) in [4.78, 5) is 19.7. The van der Waals surface area contributed by atoms with E-state index in [-0.39, 0.29) is 18.1 Å². The molecule has 2 aromatic rings. The summed E-state index contributed by atoms with van der Waals surface area (Å²) >= 11 is 6.41. The lowest BCUT2D eigenvalue weighted by atomic mass is 9.76. The first-order valence-electron chi connectivity index (χ1n) is 13.1. The third-order valence-electron chi connectivity index (χ3n) is 8.39. The van der Waals surface area contributed by atoms with E-state index in [0.29, 0.717) is 54.0 Å².